The van der Waals surface area contributed by atoms with E-state index in [0.29, 0.717) is 35.2 Å². The second-order valence-electron chi connectivity index (χ2n) is 7.48. The Morgan fingerprint density at radius 2 is 1.77 bits per heavy atom. The minimum Gasteiger partial charge on any atom is -0.493 e. The third kappa shape index (κ3) is 3.81. The van der Waals surface area contributed by atoms with Crippen molar-refractivity contribution in [3.63, 3.8) is 0 Å². The number of nitrogens with zero attached hydrogens (tertiary/aromatic N) is 2. The van der Waals surface area contributed by atoms with Crippen LogP contribution in [0.2, 0.25) is 0 Å². The van der Waals surface area contributed by atoms with Crippen LogP contribution in [0, 0.1) is 11.8 Å². The summed E-state index contributed by atoms with van der Waals surface area (Å²) in [4.78, 5) is 43.8. The normalized spacial score (nSPS) is 21.1. The zero-order valence-electron chi connectivity index (χ0n) is 17.5. The van der Waals surface area contributed by atoms with Gasteiger partial charge < -0.3 is 14.8 Å². The molecule has 2 aliphatic rings. The fraction of sp³-hybridized carbons (Fsp3) is 0.364. The largest absolute Gasteiger partial charge is 0.493 e. The predicted molar refractivity (Wildman–Crippen MR) is 116 cm³/mol. The molecular formula is C22H23N3O5S. The Labute approximate surface area is 183 Å². The van der Waals surface area contributed by atoms with Crippen molar-refractivity contribution < 1.29 is 23.9 Å². The van der Waals surface area contributed by atoms with Gasteiger partial charge in [0.2, 0.25) is 17.7 Å². The summed E-state index contributed by atoms with van der Waals surface area (Å²) in [6.45, 7) is 1.57. The number of rotatable bonds is 6. The number of likely N-dealkylation sites (tertiary alicyclic amines) is 1. The molecule has 0 unspecified atom stereocenters. The number of carbonyl (C=O) groups is 3. The number of hydrogen-bond acceptors (Lipinski definition) is 7. The molecule has 1 aliphatic carbocycles. The van der Waals surface area contributed by atoms with Gasteiger partial charge in [-0.1, -0.05) is 12.2 Å². The van der Waals surface area contributed by atoms with Crippen LogP contribution in [0.15, 0.2) is 35.7 Å². The molecule has 1 aromatic carbocycles. The molecule has 9 heteroatoms. The number of carbonyl (C=O) groups excluding carboxylic acids is 3. The van der Waals surface area contributed by atoms with Gasteiger partial charge in [0.25, 0.3) is 0 Å². The topological polar surface area (TPSA) is 97.8 Å². The zero-order chi connectivity index (χ0) is 22.1. The van der Waals surface area contributed by atoms with Gasteiger partial charge >= 0.3 is 0 Å². The maximum absolute atomic E-state index is 12.8. The molecule has 162 valence electrons. The van der Waals surface area contributed by atoms with Crippen LogP contribution in [-0.2, 0) is 14.4 Å². The van der Waals surface area contributed by atoms with Crippen LogP contribution in [0.5, 0.6) is 11.5 Å². The second-order valence-corrected chi connectivity index (χ2v) is 8.33. The Morgan fingerprint density at radius 3 is 2.39 bits per heavy atom. The highest BCUT2D eigenvalue weighted by atomic mass is 32.1. The summed E-state index contributed by atoms with van der Waals surface area (Å²) in [6, 6.07) is 4.53. The van der Waals surface area contributed by atoms with E-state index in [9.17, 15) is 14.4 Å². The molecule has 1 saturated heterocycles. The van der Waals surface area contributed by atoms with Gasteiger partial charge in [0.1, 0.15) is 6.04 Å². The maximum Gasteiger partial charge on any atom is 0.249 e. The van der Waals surface area contributed by atoms with E-state index in [-0.39, 0.29) is 23.7 Å². The molecule has 1 fully saturated rings. The van der Waals surface area contributed by atoms with Crippen LogP contribution in [0.4, 0.5) is 5.13 Å². The molecule has 31 heavy (non-hydrogen) atoms. The Kier molecular flexibility index (Phi) is 5.77. The van der Waals surface area contributed by atoms with Crippen LogP contribution >= 0.6 is 11.3 Å². The van der Waals surface area contributed by atoms with Crippen molar-refractivity contribution in [3.05, 3.63) is 35.7 Å². The van der Waals surface area contributed by atoms with Crippen molar-refractivity contribution in [1.82, 2.24) is 9.88 Å². The quantitative estimate of drug-likeness (QED) is 0.546. The third-order valence-corrected chi connectivity index (χ3v) is 6.48. The lowest BCUT2D eigenvalue weighted by Crippen LogP contribution is -2.46. The summed E-state index contributed by atoms with van der Waals surface area (Å²) in [5, 5.41) is 4.94. The number of ether oxygens (including phenoxy) is 2. The molecular weight excluding hydrogens is 418 g/mol. The van der Waals surface area contributed by atoms with E-state index in [1.54, 1.807) is 33.3 Å². The van der Waals surface area contributed by atoms with Crippen molar-refractivity contribution in [2.75, 3.05) is 19.5 Å². The second kappa shape index (κ2) is 8.50. The lowest BCUT2D eigenvalue weighted by Gasteiger charge is -2.21. The number of aromatic nitrogens is 1. The fourth-order valence-corrected chi connectivity index (χ4v) is 4.72. The number of benzene rings is 1. The van der Waals surface area contributed by atoms with E-state index in [2.05, 4.69) is 10.3 Å². The molecule has 0 bridgehead atoms. The van der Waals surface area contributed by atoms with Crippen molar-refractivity contribution >= 4 is 34.2 Å². The number of hydrogen-bond donors (Lipinski definition) is 1. The van der Waals surface area contributed by atoms with E-state index >= 15 is 0 Å². The van der Waals surface area contributed by atoms with Crippen LogP contribution in [-0.4, -0.2) is 47.9 Å². The molecule has 2 aromatic rings. The monoisotopic (exact) mass is 441 g/mol. The van der Waals surface area contributed by atoms with Crippen LogP contribution in [0.1, 0.15) is 19.8 Å². The number of nitrogens with one attached hydrogen (secondary N) is 1. The molecule has 2 heterocycles. The summed E-state index contributed by atoms with van der Waals surface area (Å²) in [5.41, 5.74) is 1.48. The number of anilines is 1. The minimum absolute atomic E-state index is 0.271. The van der Waals surface area contributed by atoms with Gasteiger partial charge in [-0.3, -0.25) is 19.3 Å². The summed E-state index contributed by atoms with van der Waals surface area (Å²) in [6.07, 6.45) is 4.93. The Hall–Kier alpha value is -3.20. The lowest BCUT2D eigenvalue weighted by atomic mass is 9.85. The van der Waals surface area contributed by atoms with E-state index in [0.717, 1.165) is 10.5 Å². The van der Waals surface area contributed by atoms with Crippen LogP contribution in [0.25, 0.3) is 11.3 Å². The molecule has 3 atom stereocenters. The molecule has 4 rings (SSSR count). The molecule has 0 radical (unpaired) electrons. The molecule has 1 aliphatic heterocycles. The average molecular weight is 442 g/mol. The van der Waals surface area contributed by atoms with Crippen molar-refractivity contribution in [1.29, 1.82) is 0 Å². The minimum atomic E-state index is -0.904. The average Bonchev–Trinajstić information content (AvgIpc) is 3.35. The summed E-state index contributed by atoms with van der Waals surface area (Å²) in [5.74, 6) is -0.511. The van der Waals surface area contributed by atoms with Gasteiger partial charge in [-0.15, -0.1) is 11.3 Å². The number of allylic oxidation sites excluding steroid dienone is 2. The smallest absolute Gasteiger partial charge is 0.249 e. The van der Waals surface area contributed by atoms with Gasteiger partial charge in [-0.25, -0.2) is 4.98 Å². The van der Waals surface area contributed by atoms with Crippen molar-refractivity contribution in [2.24, 2.45) is 11.8 Å². The molecule has 1 N–H and O–H groups in total. The van der Waals surface area contributed by atoms with Crippen molar-refractivity contribution in [2.45, 2.75) is 25.8 Å². The standard InChI is InChI=1S/C22H23N3O5S/c1-12(25-20(27)14-6-4-5-7-15(14)21(25)28)19(26)24-22-23-16(11-31-22)13-8-9-17(29-2)18(10-13)30-3/h4-5,8-12,14-15H,6-7H2,1-3H3,(H,23,24,26)/t12-,14+,15+/m0/s1. The van der Waals surface area contributed by atoms with Gasteiger partial charge in [0.05, 0.1) is 31.7 Å². The van der Waals surface area contributed by atoms with E-state index in [1.165, 1.54) is 11.3 Å². The van der Waals surface area contributed by atoms with E-state index in [4.69, 9.17) is 9.47 Å². The Bertz CT molecular complexity index is 1040. The SMILES string of the molecule is COc1ccc(-c2csc(NC(=O)[C@H](C)N3C(=O)[C@@H]4CC=CC[C@H]4C3=O)n2)cc1OC. The van der Waals surface area contributed by atoms with Gasteiger partial charge in [0.15, 0.2) is 16.6 Å². The number of thiazole rings is 1. The summed E-state index contributed by atoms with van der Waals surface area (Å²) < 4.78 is 10.6. The molecule has 1 aromatic heterocycles. The number of amides is 3. The molecule has 0 spiro atoms. The van der Waals surface area contributed by atoms with Gasteiger partial charge in [0, 0.05) is 10.9 Å². The highest BCUT2D eigenvalue weighted by molar-refractivity contribution is 7.14. The summed E-state index contributed by atoms with van der Waals surface area (Å²) >= 11 is 1.26. The molecule has 8 nitrogen and oxygen atoms in total. The number of fused-ring (bicyclic) bond motifs is 1. The van der Waals surface area contributed by atoms with Crippen molar-refractivity contribution in [3.8, 4) is 22.8 Å². The first-order chi connectivity index (χ1) is 14.9. The number of imide groups is 1. The fourth-order valence-electron chi connectivity index (χ4n) is 3.99. The van der Waals surface area contributed by atoms with E-state index in [1.807, 2.05) is 23.6 Å². The Balaban J connectivity index is 1.47. The van der Waals surface area contributed by atoms with Crippen LogP contribution < -0.4 is 14.8 Å². The predicted octanol–water partition coefficient (Wildman–Crippen LogP) is 3.11. The first-order valence-corrected chi connectivity index (χ1v) is 10.8. The third-order valence-electron chi connectivity index (χ3n) is 5.72. The molecule has 3 amide bonds. The van der Waals surface area contributed by atoms with Crippen LogP contribution in [0.3, 0.4) is 0 Å². The molecule has 0 saturated carbocycles. The van der Waals surface area contributed by atoms with Gasteiger partial charge in [-0.2, -0.15) is 0 Å². The van der Waals surface area contributed by atoms with E-state index < -0.39 is 11.9 Å². The Morgan fingerprint density at radius 1 is 1.13 bits per heavy atom. The highest BCUT2D eigenvalue weighted by Crippen LogP contribution is 2.37. The highest BCUT2D eigenvalue weighted by Gasteiger charge is 2.50. The zero-order valence-corrected chi connectivity index (χ0v) is 18.3. The maximum atomic E-state index is 12.8. The lowest BCUT2D eigenvalue weighted by molar-refractivity contribution is -0.146. The number of methoxy groups -OCH3 is 2. The first-order valence-electron chi connectivity index (χ1n) is 9.95. The van der Waals surface area contributed by atoms with Gasteiger partial charge in [-0.05, 0) is 38.0 Å². The first kappa shape index (κ1) is 21.0. The summed E-state index contributed by atoms with van der Waals surface area (Å²) in [7, 11) is 3.12.